The molecule has 0 aliphatic carbocycles. The summed E-state index contributed by atoms with van der Waals surface area (Å²) in [5, 5.41) is 24.0. The second-order valence-corrected chi connectivity index (χ2v) is 8.02. The molecule has 34 heavy (non-hydrogen) atoms. The number of para-hydroxylation sites is 1. The van der Waals surface area contributed by atoms with E-state index in [2.05, 4.69) is 15.6 Å². The lowest BCUT2D eigenvalue weighted by Gasteiger charge is -2.19. The molecule has 1 aromatic heterocycles. The van der Waals surface area contributed by atoms with Crippen LogP contribution in [0.1, 0.15) is 40.2 Å². The van der Waals surface area contributed by atoms with Crippen molar-refractivity contribution in [2.75, 3.05) is 12.4 Å². The van der Waals surface area contributed by atoms with Crippen LogP contribution in [0.25, 0.3) is 16.5 Å². The quantitative estimate of drug-likeness (QED) is 0.432. The molecule has 0 saturated carbocycles. The summed E-state index contributed by atoms with van der Waals surface area (Å²) in [5.41, 5.74) is 3.58. The molecule has 0 fully saturated rings. The van der Waals surface area contributed by atoms with Crippen LogP contribution in [-0.2, 0) is 0 Å². The number of aromatic carboxylic acids is 1. The number of aryl methyl sites for hydroxylation is 1. The number of benzene rings is 2. The number of carbonyl (C=O) groups is 1. The highest BCUT2D eigenvalue weighted by Crippen LogP contribution is 2.30. The number of amidine groups is 1. The fourth-order valence-corrected chi connectivity index (χ4v) is 3.89. The molecular formula is C26H24N4O4. The van der Waals surface area contributed by atoms with Crippen molar-refractivity contribution in [1.82, 2.24) is 5.32 Å². The zero-order chi connectivity index (χ0) is 24.4. The summed E-state index contributed by atoms with van der Waals surface area (Å²) in [6, 6.07) is 11.4. The van der Waals surface area contributed by atoms with Crippen molar-refractivity contribution in [3.05, 3.63) is 93.0 Å². The maximum absolute atomic E-state index is 13.0. The van der Waals surface area contributed by atoms with Crippen molar-refractivity contribution < 1.29 is 14.3 Å². The number of dihydropyridines is 1. The van der Waals surface area contributed by atoms with Gasteiger partial charge in [0.1, 0.15) is 11.3 Å². The second-order valence-electron chi connectivity index (χ2n) is 8.02. The van der Waals surface area contributed by atoms with Gasteiger partial charge in [0.05, 0.1) is 17.0 Å². The van der Waals surface area contributed by atoms with E-state index in [9.17, 15) is 14.7 Å². The number of carboxylic acids is 1. The fourth-order valence-electron chi connectivity index (χ4n) is 3.89. The highest BCUT2D eigenvalue weighted by molar-refractivity contribution is 6.21. The van der Waals surface area contributed by atoms with Crippen molar-refractivity contribution >= 4 is 40.2 Å². The van der Waals surface area contributed by atoms with Gasteiger partial charge in [-0.1, -0.05) is 18.2 Å². The smallest absolute Gasteiger partial charge is 0.337 e. The van der Waals surface area contributed by atoms with Gasteiger partial charge >= 0.3 is 5.97 Å². The molecule has 3 aromatic rings. The van der Waals surface area contributed by atoms with Gasteiger partial charge in [-0.05, 0) is 43.7 Å². The first-order valence-corrected chi connectivity index (χ1v) is 10.7. The van der Waals surface area contributed by atoms with Crippen LogP contribution in [0.2, 0.25) is 0 Å². The number of hydrogen-bond donors (Lipinski definition) is 4. The molecule has 0 radical (unpaired) electrons. The molecule has 0 spiro atoms. The highest BCUT2D eigenvalue weighted by atomic mass is 16.4. The molecule has 1 aliphatic heterocycles. The lowest BCUT2D eigenvalue weighted by atomic mass is 9.99. The fraction of sp³-hybridized carbons (Fsp3) is 0.154. The Morgan fingerprint density at radius 1 is 1.24 bits per heavy atom. The number of rotatable bonds is 6. The summed E-state index contributed by atoms with van der Waals surface area (Å²) in [4.78, 5) is 28.8. The van der Waals surface area contributed by atoms with Crippen molar-refractivity contribution in [2.24, 2.45) is 4.99 Å². The number of nitrogens with zero attached hydrogens (tertiary/aromatic N) is 1. The van der Waals surface area contributed by atoms with Gasteiger partial charge in [-0.25, -0.2) is 9.79 Å². The van der Waals surface area contributed by atoms with E-state index in [-0.39, 0.29) is 22.9 Å². The van der Waals surface area contributed by atoms with E-state index in [4.69, 9.17) is 9.83 Å². The Hall–Kier alpha value is -4.46. The maximum Gasteiger partial charge on any atom is 0.337 e. The minimum Gasteiger partial charge on any atom is -0.478 e. The zero-order valence-corrected chi connectivity index (χ0v) is 19.0. The van der Waals surface area contributed by atoms with E-state index >= 15 is 0 Å². The van der Waals surface area contributed by atoms with Gasteiger partial charge in [-0.3, -0.25) is 10.2 Å². The molecule has 2 heterocycles. The lowest BCUT2D eigenvalue weighted by molar-refractivity contribution is 0.0698. The SMILES string of the molecule is CN/C=C1/C=C(c2cc(=O)c3cc(C)cc(C(C)Nc4ccccc4C(=O)O)c3o2)C=NC1=N. The molecule has 1 atom stereocenters. The van der Waals surface area contributed by atoms with E-state index in [0.29, 0.717) is 33.6 Å². The molecule has 0 amide bonds. The Balaban J connectivity index is 1.83. The maximum atomic E-state index is 13.0. The van der Waals surface area contributed by atoms with E-state index < -0.39 is 5.97 Å². The van der Waals surface area contributed by atoms with E-state index in [1.165, 1.54) is 18.3 Å². The first-order valence-electron chi connectivity index (χ1n) is 10.7. The first kappa shape index (κ1) is 22.7. The van der Waals surface area contributed by atoms with Crippen LogP contribution < -0.4 is 16.1 Å². The summed E-state index contributed by atoms with van der Waals surface area (Å²) < 4.78 is 6.23. The number of carboxylic acid groups (broad SMARTS) is 1. The van der Waals surface area contributed by atoms with E-state index in [1.54, 1.807) is 43.6 Å². The van der Waals surface area contributed by atoms with Crippen LogP contribution in [0.5, 0.6) is 0 Å². The Bertz CT molecular complexity index is 1460. The number of aliphatic imine (C=N–C) groups is 1. The summed E-state index contributed by atoms with van der Waals surface area (Å²) in [7, 11) is 1.73. The summed E-state index contributed by atoms with van der Waals surface area (Å²) in [5.74, 6) is -0.593. The molecule has 2 aromatic carbocycles. The van der Waals surface area contributed by atoms with Gasteiger partial charge in [-0.15, -0.1) is 0 Å². The summed E-state index contributed by atoms with van der Waals surface area (Å²) in [6.45, 7) is 3.78. The number of fused-ring (bicyclic) bond motifs is 1. The van der Waals surface area contributed by atoms with Gasteiger partial charge in [0, 0.05) is 47.9 Å². The third-order valence-electron chi connectivity index (χ3n) is 5.50. The highest BCUT2D eigenvalue weighted by Gasteiger charge is 2.19. The molecule has 8 nitrogen and oxygen atoms in total. The molecule has 0 bridgehead atoms. The van der Waals surface area contributed by atoms with Crippen molar-refractivity contribution in [3.8, 4) is 0 Å². The predicted octanol–water partition coefficient (Wildman–Crippen LogP) is 4.52. The Kier molecular flexibility index (Phi) is 6.14. The standard InChI is InChI=1S/C26H24N4O4/c1-14-8-19(15(2)30-21-7-5-4-6-18(21)26(32)33)24-20(9-14)22(31)11-23(34-24)16-10-17(12-28-3)25(27)29-13-16/h4-13,15,27-28,30H,1-3H3,(H,32,33)/b17-12-,27-25?. The lowest BCUT2D eigenvalue weighted by Crippen LogP contribution is -2.13. The van der Waals surface area contributed by atoms with E-state index in [1.807, 2.05) is 19.9 Å². The number of anilines is 1. The monoisotopic (exact) mass is 456 g/mol. The molecule has 4 rings (SSSR count). The molecule has 4 N–H and O–H groups in total. The molecule has 0 saturated heterocycles. The van der Waals surface area contributed by atoms with Gasteiger partial charge < -0.3 is 20.2 Å². The van der Waals surface area contributed by atoms with Gasteiger partial charge in [0.2, 0.25) is 0 Å². The van der Waals surface area contributed by atoms with Crippen LogP contribution in [-0.4, -0.2) is 30.2 Å². The van der Waals surface area contributed by atoms with Crippen LogP contribution in [0.15, 0.2) is 74.5 Å². The zero-order valence-electron chi connectivity index (χ0n) is 19.0. The largest absolute Gasteiger partial charge is 0.478 e. The molecule has 1 unspecified atom stereocenters. The Morgan fingerprint density at radius 3 is 2.74 bits per heavy atom. The van der Waals surface area contributed by atoms with Gasteiger partial charge in [0.15, 0.2) is 11.3 Å². The van der Waals surface area contributed by atoms with Crippen molar-refractivity contribution in [1.29, 1.82) is 5.41 Å². The van der Waals surface area contributed by atoms with Crippen molar-refractivity contribution in [2.45, 2.75) is 19.9 Å². The van der Waals surface area contributed by atoms with Gasteiger partial charge in [-0.2, -0.15) is 0 Å². The Morgan fingerprint density at radius 2 is 2.00 bits per heavy atom. The van der Waals surface area contributed by atoms with Crippen molar-refractivity contribution in [3.63, 3.8) is 0 Å². The first-order chi connectivity index (χ1) is 16.3. The number of allylic oxidation sites excluding steroid dienone is 1. The van der Waals surface area contributed by atoms with Crippen LogP contribution in [0.4, 0.5) is 5.69 Å². The Labute approximate surface area is 195 Å². The average molecular weight is 457 g/mol. The molecule has 172 valence electrons. The van der Waals surface area contributed by atoms with Crippen LogP contribution in [0, 0.1) is 12.3 Å². The number of nitrogens with one attached hydrogen (secondary N) is 3. The predicted molar refractivity (Wildman–Crippen MR) is 134 cm³/mol. The van der Waals surface area contributed by atoms with Gasteiger partial charge in [0.25, 0.3) is 0 Å². The normalized spacial score (nSPS) is 15.3. The third-order valence-corrected chi connectivity index (χ3v) is 5.50. The third kappa shape index (κ3) is 4.38. The number of hydrogen-bond acceptors (Lipinski definition) is 6. The topological polar surface area (TPSA) is 128 Å². The average Bonchev–Trinajstić information content (AvgIpc) is 2.80. The summed E-state index contributed by atoms with van der Waals surface area (Å²) >= 11 is 0. The minimum absolute atomic E-state index is 0.104. The molecular weight excluding hydrogens is 432 g/mol. The van der Waals surface area contributed by atoms with Crippen LogP contribution in [0.3, 0.4) is 0 Å². The molecule has 8 heteroatoms. The van der Waals surface area contributed by atoms with E-state index in [0.717, 1.165) is 11.1 Å². The van der Waals surface area contributed by atoms with Crippen LogP contribution >= 0.6 is 0 Å². The second kappa shape index (κ2) is 9.19. The minimum atomic E-state index is -1.03. The molecule has 1 aliphatic rings. The summed E-state index contributed by atoms with van der Waals surface area (Å²) in [6.07, 6.45) is 4.88.